The number of H-pyrrole nitrogens is 1. The van der Waals surface area contributed by atoms with Crippen LogP contribution >= 0.6 is 0 Å². The lowest BCUT2D eigenvalue weighted by Gasteiger charge is -2.12. The van der Waals surface area contributed by atoms with E-state index in [1.165, 1.54) is 25.4 Å². The molecule has 0 unspecified atom stereocenters. The SMILES string of the molecule is CCCNC(=O)c1ccc(OC)c(C(=O)c2c[nH]c3ncc(-c4cccnc4)cc23)c1F. The molecule has 0 radical (unpaired) electrons. The summed E-state index contributed by atoms with van der Waals surface area (Å²) in [5, 5.41) is 3.16. The van der Waals surface area contributed by atoms with Gasteiger partial charge < -0.3 is 15.0 Å². The molecule has 7 nitrogen and oxygen atoms in total. The van der Waals surface area contributed by atoms with Crippen LogP contribution in [0.3, 0.4) is 0 Å². The summed E-state index contributed by atoms with van der Waals surface area (Å²) in [5.74, 6) is -2.07. The summed E-state index contributed by atoms with van der Waals surface area (Å²) in [4.78, 5) is 37.3. The van der Waals surface area contributed by atoms with Crippen molar-refractivity contribution in [3.05, 3.63) is 77.6 Å². The lowest BCUT2D eigenvalue weighted by molar-refractivity contribution is 0.0949. The number of methoxy groups -OCH3 is 1. The number of nitrogens with one attached hydrogen (secondary N) is 2. The summed E-state index contributed by atoms with van der Waals surface area (Å²) in [6.45, 7) is 2.29. The van der Waals surface area contributed by atoms with E-state index >= 15 is 4.39 Å². The monoisotopic (exact) mass is 432 g/mol. The van der Waals surface area contributed by atoms with Crippen LogP contribution in [-0.2, 0) is 0 Å². The van der Waals surface area contributed by atoms with Gasteiger partial charge in [0.2, 0.25) is 5.78 Å². The zero-order chi connectivity index (χ0) is 22.7. The standard InChI is InChI=1S/C24H21FN4O3/c1-3-8-27-24(31)16-6-7-19(32-2)20(21(16)25)22(30)18-13-29-23-17(18)10-15(12-28-23)14-5-4-9-26-11-14/h4-7,9-13H,3,8H2,1-2H3,(H,27,31)(H,28,29). The van der Waals surface area contributed by atoms with E-state index in [4.69, 9.17) is 4.74 Å². The highest BCUT2D eigenvalue weighted by molar-refractivity contribution is 6.18. The van der Waals surface area contributed by atoms with Crippen molar-refractivity contribution in [3.8, 4) is 16.9 Å². The van der Waals surface area contributed by atoms with Crippen LogP contribution in [0.4, 0.5) is 4.39 Å². The summed E-state index contributed by atoms with van der Waals surface area (Å²) in [5.41, 5.74) is 1.79. The maximum atomic E-state index is 15.4. The highest BCUT2D eigenvalue weighted by Crippen LogP contribution is 2.31. The second-order valence-electron chi connectivity index (χ2n) is 7.15. The van der Waals surface area contributed by atoms with Gasteiger partial charge in [-0.15, -0.1) is 0 Å². The molecule has 0 aliphatic carbocycles. The van der Waals surface area contributed by atoms with E-state index < -0.39 is 17.5 Å². The van der Waals surface area contributed by atoms with Crippen molar-refractivity contribution in [2.24, 2.45) is 0 Å². The lowest BCUT2D eigenvalue weighted by atomic mass is 9.98. The number of fused-ring (bicyclic) bond motifs is 1. The van der Waals surface area contributed by atoms with Crippen LogP contribution in [0, 0.1) is 5.82 Å². The van der Waals surface area contributed by atoms with Crippen LogP contribution in [0.15, 0.2) is 55.1 Å². The first-order valence-corrected chi connectivity index (χ1v) is 10.1. The summed E-state index contributed by atoms with van der Waals surface area (Å²) in [6, 6.07) is 8.22. The molecule has 32 heavy (non-hydrogen) atoms. The number of nitrogens with zero attached hydrogens (tertiary/aromatic N) is 2. The maximum Gasteiger partial charge on any atom is 0.254 e. The molecule has 2 N–H and O–H groups in total. The Kier molecular flexibility index (Phi) is 5.93. The van der Waals surface area contributed by atoms with Crippen molar-refractivity contribution in [2.75, 3.05) is 13.7 Å². The van der Waals surface area contributed by atoms with Crippen molar-refractivity contribution in [3.63, 3.8) is 0 Å². The molecule has 3 heterocycles. The minimum Gasteiger partial charge on any atom is -0.496 e. The molecule has 0 saturated carbocycles. The Morgan fingerprint density at radius 2 is 2.00 bits per heavy atom. The van der Waals surface area contributed by atoms with Crippen molar-refractivity contribution in [1.82, 2.24) is 20.3 Å². The van der Waals surface area contributed by atoms with Crippen LogP contribution in [-0.4, -0.2) is 40.3 Å². The van der Waals surface area contributed by atoms with Gasteiger partial charge in [0.15, 0.2) is 5.82 Å². The van der Waals surface area contributed by atoms with Crippen molar-refractivity contribution in [1.29, 1.82) is 0 Å². The number of rotatable bonds is 7. The molecule has 1 aromatic carbocycles. The van der Waals surface area contributed by atoms with E-state index in [1.54, 1.807) is 30.7 Å². The number of aromatic nitrogens is 3. The molecule has 0 aliphatic rings. The zero-order valence-electron chi connectivity index (χ0n) is 17.6. The Balaban J connectivity index is 1.81. The number of hydrogen-bond acceptors (Lipinski definition) is 5. The highest BCUT2D eigenvalue weighted by Gasteiger charge is 2.26. The highest BCUT2D eigenvalue weighted by atomic mass is 19.1. The Morgan fingerprint density at radius 3 is 2.72 bits per heavy atom. The third-order valence-corrected chi connectivity index (χ3v) is 5.10. The molecule has 4 rings (SSSR count). The third kappa shape index (κ3) is 3.82. The number of amides is 1. The van der Waals surface area contributed by atoms with E-state index in [1.807, 2.05) is 13.0 Å². The van der Waals surface area contributed by atoms with Crippen LogP contribution in [0.2, 0.25) is 0 Å². The minimum absolute atomic E-state index is 0.0465. The van der Waals surface area contributed by atoms with E-state index in [-0.39, 0.29) is 22.4 Å². The normalized spacial score (nSPS) is 10.8. The van der Waals surface area contributed by atoms with Gasteiger partial charge in [0, 0.05) is 53.4 Å². The Hall–Kier alpha value is -4.07. The van der Waals surface area contributed by atoms with Gasteiger partial charge in [0.25, 0.3) is 5.91 Å². The van der Waals surface area contributed by atoms with Crippen molar-refractivity contribution >= 4 is 22.7 Å². The van der Waals surface area contributed by atoms with Gasteiger partial charge in [0.1, 0.15) is 17.0 Å². The Labute approximate surface area is 183 Å². The number of ketones is 1. The summed E-state index contributed by atoms with van der Waals surface area (Å²) in [7, 11) is 1.35. The van der Waals surface area contributed by atoms with Gasteiger partial charge >= 0.3 is 0 Å². The predicted octanol–water partition coefficient (Wildman–Crippen LogP) is 4.14. The summed E-state index contributed by atoms with van der Waals surface area (Å²) >= 11 is 0. The smallest absolute Gasteiger partial charge is 0.254 e. The first-order valence-electron chi connectivity index (χ1n) is 10.1. The molecular formula is C24H21FN4O3. The van der Waals surface area contributed by atoms with Gasteiger partial charge in [-0.2, -0.15) is 0 Å². The fraction of sp³-hybridized carbons (Fsp3) is 0.167. The summed E-state index contributed by atoms with van der Waals surface area (Å²) < 4.78 is 20.6. The molecule has 0 spiro atoms. The summed E-state index contributed by atoms with van der Waals surface area (Å²) in [6.07, 6.45) is 7.22. The average molecular weight is 432 g/mol. The fourth-order valence-corrected chi connectivity index (χ4v) is 3.47. The largest absolute Gasteiger partial charge is 0.496 e. The zero-order valence-corrected chi connectivity index (χ0v) is 17.6. The van der Waals surface area contributed by atoms with Crippen LogP contribution < -0.4 is 10.1 Å². The van der Waals surface area contributed by atoms with Gasteiger partial charge in [0.05, 0.1) is 12.7 Å². The van der Waals surface area contributed by atoms with Gasteiger partial charge in [-0.05, 0) is 30.7 Å². The second-order valence-corrected chi connectivity index (χ2v) is 7.15. The van der Waals surface area contributed by atoms with Gasteiger partial charge in [-0.1, -0.05) is 13.0 Å². The van der Waals surface area contributed by atoms with E-state index in [0.29, 0.717) is 24.0 Å². The molecule has 162 valence electrons. The van der Waals surface area contributed by atoms with Crippen LogP contribution in [0.5, 0.6) is 5.75 Å². The number of ether oxygens (including phenoxy) is 1. The number of hydrogen-bond donors (Lipinski definition) is 2. The molecule has 1 amide bonds. The molecule has 0 bridgehead atoms. The van der Waals surface area contributed by atoms with E-state index in [2.05, 4.69) is 20.3 Å². The number of benzene rings is 1. The first kappa shape index (κ1) is 21.2. The Morgan fingerprint density at radius 1 is 1.16 bits per heavy atom. The molecule has 4 aromatic rings. The average Bonchev–Trinajstić information content (AvgIpc) is 3.25. The van der Waals surface area contributed by atoms with Gasteiger partial charge in [-0.25, -0.2) is 9.37 Å². The molecule has 3 aromatic heterocycles. The van der Waals surface area contributed by atoms with Crippen LogP contribution in [0.25, 0.3) is 22.2 Å². The molecule has 0 atom stereocenters. The number of pyridine rings is 2. The van der Waals surface area contributed by atoms with E-state index in [0.717, 1.165) is 11.1 Å². The third-order valence-electron chi connectivity index (χ3n) is 5.10. The quantitative estimate of drug-likeness (QED) is 0.428. The van der Waals surface area contributed by atoms with Crippen molar-refractivity contribution < 1.29 is 18.7 Å². The van der Waals surface area contributed by atoms with E-state index in [9.17, 15) is 9.59 Å². The molecule has 0 saturated heterocycles. The Bertz CT molecular complexity index is 1300. The predicted molar refractivity (Wildman–Crippen MR) is 118 cm³/mol. The number of carbonyl (C=O) groups is 2. The second kappa shape index (κ2) is 8.97. The number of aromatic amines is 1. The topological polar surface area (TPSA) is 97.0 Å². The molecule has 0 fully saturated rings. The number of carbonyl (C=O) groups excluding carboxylic acids is 2. The fourth-order valence-electron chi connectivity index (χ4n) is 3.47. The molecule has 0 aliphatic heterocycles. The van der Waals surface area contributed by atoms with Crippen molar-refractivity contribution in [2.45, 2.75) is 13.3 Å². The first-order chi connectivity index (χ1) is 15.5. The minimum atomic E-state index is -0.923. The maximum absolute atomic E-state index is 15.4. The molecule has 8 heteroatoms. The molecular weight excluding hydrogens is 411 g/mol. The van der Waals surface area contributed by atoms with Gasteiger partial charge in [-0.3, -0.25) is 14.6 Å². The number of halogens is 1. The lowest BCUT2D eigenvalue weighted by Crippen LogP contribution is -2.26. The van der Waals surface area contributed by atoms with Crippen LogP contribution in [0.1, 0.15) is 39.6 Å².